The fourth-order valence-corrected chi connectivity index (χ4v) is 10.0. The topological polar surface area (TPSA) is 185 Å². The van der Waals surface area contributed by atoms with Crippen LogP contribution in [-0.4, -0.2) is 106 Å². The van der Waals surface area contributed by atoms with E-state index in [9.17, 15) is 36.7 Å². The van der Waals surface area contributed by atoms with Crippen LogP contribution in [0.15, 0.2) is 36.5 Å². The summed E-state index contributed by atoms with van der Waals surface area (Å²) in [5.41, 5.74) is -4.80. The summed E-state index contributed by atoms with van der Waals surface area (Å²) in [6, 6.07) is -5.59. The van der Waals surface area contributed by atoms with Gasteiger partial charge < -0.3 is 19.9 Å². The van der Waals surface area contributed by atoms with Gasteiger partial charge in [-0.1, -0.05) is 32.9 Å². The molecule has 1 unspecified atom stereocenters. The summed E-state index contributed by atoms with van der Waals surface area (Å²) in [5.74, 6) is -6.94. The first-order chi connectivity index (χ1) is 27.6. The monoisotopic (exact) mass is 853 g/mol. The number of carbonyl (C=O) groups is 4. The molecule has 0 spiro atoms. The molecule has 14 nitrogen and oxygen atoms in total. The zero-order valence-corrected chi connectivity index (χ0v) is 34.6. The van der Waals surface area contributed by atoms with Gasteiger partial charge in [-0.05, 0) is 82.8 Å². The molecule has 1 saturated heterocycles. The summed E-state index contributed by atoms with van der Waals surface area (Å²) in [4.78, 5) is 61.5. The highest BCUT2D eigenvalue weighted by molar-refractivity contribution is 7.91. The van der Waals surface area contributed by atoms with Crippen molar-refractivity contribution >= 4 is 44.6 Å². The molecular formula is C40H51F4N5O9S. The minimum Gasteiger partial charge on any atom is -0.496 e. The molecule has 4 aliphatic rings. The van der Waals surface area contributed by atoms with Crippen LogP contribution in [0, 0.1) is 23.6 Å². The van der Waals surface area contributed by atoms with Gasteiger partial charge in [0.1, 0.15) is 40.6 Å². The first-order valence-corrected chi connectivity index (χ1v) is 21.3. The first-order valence-electron chi connectivity index (χ1n) is 19.8. The molecule has 3 N–H and O–H groups in total. The number of nitrogens with one attached hydrogen (secondary N) is 2. The summed E-state index contributed by atoms with van der Waals surface area (Å²) < 4.78 is 102. The summed E-state index contributed by atoms with van der Waals surface area (Å²) >= 11 is 0. The van der Waals surface area contributed by atoms with Gasteiger partial charge in [0.2, 0.25) is 21.8 Å². The second-order valence-corrected chi connectivity index (χ2v) is 18.9. The Morgan fingerprint density at radius 3 is 2.47 bits per heavy atom. The van der Waals surface area contributed by atoms with E-state index in [0.29, 0.717) is 12.8 Å². The number of methoxy groups -OCH3 is 1. The van der Waals surface area contributed by atoms with Gasteiger partial charge in [0.15, 0.2) is 5.60 Å². The van der Waals surface area contributed by atoms with Crippen LogP contribution in [0.5, 0.6) is 11.6 Å². The second kappa shape index (κ2) is 15.7. The largest absolute Gasteiger partial charge is 0.496 e. The molecule has 2 aliphatic heterocycles. The minimum absolute atomic E-state index is 0.0102. The Balaban J connectivity index is 1.49. The van der Waals surface area contributed by atoms with E-state index in [1.54, 1.807) is 26.0 Å². The van der Waals surface area contributed by atoms with Crippen molar-refractivity contribution in [2.75, 3.05) is 13.8 Å². The quantitative estimate of drug-likeness (QED) is 0.152. The van der Waals surface area contributed by atoms with Crippen molar-refractivity contribution in [1.82, 2.24) is 24.8 Å². The molecule has 324 valence electrons. The number of carboxylic acid groups (broad SMARTS) is 1. The van der Waals surface area contributed by atoms with Crippen molar-refractivity contribution in [3.05, 3.63) is 42.4 Å². The summed E-state index contributed by atoms with van der Waals surface area (Å²) in [6.45, 7) is 6.35. The lowest BCUT2D eigenvalue weighted by molar-refractivity contribution is -0.219. The summed E-state index contributed by atoms with van der Waals surface area (Å²) in [7, 11) is -3.29. The van der Waals surface area contributed by atoms with Crippen LogP contribution >= 0.6 is 0 Å². The standard InChI is InChI=1S/C40H51F4N5O9S/c1-7-24(4)48(36(53)54)31-23(3)16-22(2)10-8-9-11-25-19-39(25,35(52)47-59(55,56)38(21-41)13-14-38)46-32(50)29-20-37(5,40(43,44)49(29)34(31)51)58-33-28-17-26(42)18-30(57-6)27(28)12-15-45-33/h9,11-12,15,17-18,22-25,29,31H,7-8,10,13-14,16,19-21H2,1-6H3,(H,46,50)(H,47,52)(H,53,54)/b11-9-/t22-,23-,24?,25-,29+,31+,37-,39-/m1/s1. The van der Waals surface area contributed by atoms with Crippen molar-refractivity contribution in [1.29, 1.82) is 0 Å². The van der Waals surface area contributed by atoms with Crippen LogP contribution in [0.1, 0.15) is 86.0 Å². The fraction of sp³-hybridized carbons (Fsp3) is 0.625. The van der Waals surface area contributed by atoms with Crippen molar-refractivity contribution in [2.45, 2.75) is 126 Å². The van der Waals surface area contributed by atoms with E-state index >= 15 is 13.6 Å². The number of hydrogen-bond donors (Lipinski definition) is 3. The summed E-state index contributed by atoms with van der Waals surface area (Å²) in [5, 5.41) is 13.2. The number of alkyl halides is 3. The summed E-state index contributed by atoms with van der Waals surface area (Å²) in [6.07, 6.45) is 3.30. The molecule has 6 rings (SSSR count). The van der Waals surface area contributed by atoms with E-state index in [2.05, 4.69) is 10.3 Å². The molecule has 4 amide bonds. The van der Waals surface area contributed by atoms with E-state index in [1.165, 1.54) is 26.3 Å². The number of allylic oxidation sites excluding steroid dienone is 1. The number of pyridine rings is 1. The number of carbonyl (C=O) groups excluding carboxylic acids is 3. The molecule has 0 radical (unpaired) electrons. The fourth-order valence-electron chi connectivity index (χ4n) is 8.59. The Kier molecular flexibility index (Phi) is 11.7. The molecule has 2 saturated carbocycles. The molecule has 59 heavy (non-hydrogen) atoms. The highest BCUT2D eigenvalue weighted by Crippen LogP contribution is 2.52. The third-order valence-electron chi connectivity index (χ3n) is 12.6. The number of hydrogen-bond acceptors (Lipinski definition) is 9. The number of nitrogens with zero attached hydrogens (tertiary/aromatic N) is 3. The Labute approximate surface area is 340 Å². The second-order valence-electron chi connectivity index (χ2n) is 16.9. The lowest BCUT2D eigenvalue weighted by atomic mass is 9.86. The van der Waals surface area contributed by atoms with Crippen molar-refractivity contribution in [2.24, 2.45) is 17.8 Å². The normalized spacial score (nSPS) is 31.4. The van der Waals surface area contributed by atoms with Gasteiger partial charge in [0.05, 0.1) is 12.5 Å². The van der Waals surface area contributed by atoms with Gasteiger partial charge in [-0.2, -0.15) is 8.78 Å². The molecule has 19 heteroatoms. The van der Waals surface area contributed by atoms with Gasteiger partial charge in [0.25, 0.3) is 11.8 Å². The zero-order valence-electron chi connectivity index (χ0n) is 33.8. The number of rotatable bonds is 10. The number of fused-ring (bicyclic) bond motifs is 3. The molecule has 2 aliphatic carbocycles. The Hall–Kier alpha value is -4.68. The maximum absolute atomic E-state index is 17.6. The predicted octanol–water partition coefficient (Wildman–Crippen LogP) is 5.70. The number of halogens is 4. The van der Waals surface area contributed by atoms with Crippen molar-refractivity contribution in [3.8, 4) is 11.6 Å². The van der Waals surface area contributed by atoms with E-state index in [4.69, 9.17) is 9.47 Å². The molecule has 0 bridgehead atoms. The van der Waals surface area contributed by atoms with E-state index in [1.807, 2.05) is 11.6 Å². The molecule has 8 atom stereocenters. The van der Waals surface area contributed by atoms with Crippen LogP contribution in [-0.2, 0) is 24.4 Å². The SMILES string of the molecule is CCC(C)N(C(=O)O)[C@@H]1C(=O)N2[C@@H](C[C@@](C)(Oc3nccc4c(OC)cc(F)cc34)C2(F)F)C(=O)N[C@]2(C(=O)NS(=O)(=O)C3(CF)CC3)C[C@H]2/C=C\CC[C@@H](C)C[C@H]1C. The number of benzene rings is 1. The molecule has 3 fully saturated rings. The number of amides is 4. The molecular weight excluding hydrogens is 803 g/mol. The van der Waals surface area contributed by atoms with Crippen molar-refractivity contribution in [3.63, 3.8) is 0 Å². The number of sulfonamides is 1. The first kappa shape index (κ1) is 43.9. The van der Waals surface area contributed by atoms with E-state index < -0.39 is 111 Å². The van der Waals surface area contributed by atoms with E-state index in [0.717, 1.165) is 24.0 Å². The Morgan fingerprint density at radius 1 is 1.17 bits per heavy atom. The van der Waals surface area contributed by atoms with Crippen LogP contribution in [0.4, 0.5) is 22.4 Å². The third-order valence-corrected chi connectivity index (χ3v) is 14.8. The molecule has 3 heterocycles. The van der Waals surface area contributed by atoms with Gasteiger partial charge in [-0.25, -0.2) is 27.0 Å². The highest BCUT2D eigenvalue weighted by Gasteiger charge is 2.71. The minimum atomic E-state index is -4.57. The lowest BCUT2D eigenvalue weighted by Gasteiger charge is -2.42. The van der Waals surface area contributed by atoms with Crippen LogP contribution in [0.25, 0.3) is 10.8 Å². The highest BCUT2D eigenvalue weighted by atomic mass is 32.2. The average molecular weight is 854 g/mol. The smallest absolute Gasteiger partial charge is 0.408 e. The lowest BCUT2D eigenvalue weighted by Crippen LogP contribution is -2.64. The number of aromatic nitrogens is 1. The average Bonchev–Trinajstić information content (AvgIpc) is 4.09. The molecule has 1 aromatic carbocycles. The molecule has 1 aromatic heterocycles. The molecule has 2 aromatic rings. The van der Waals surface area contributed by atoms with Gasteiger partial charge in [-0.15, -0.1) is 0 Å². The third kappa shape index (κ3) is 7.67. The van der Waals surface area contributed by atoms with Crippen molar-refractivity contribution < 1.29 is 59.7 Å². The van der Waals surface area contributed by atoms with Gasteiger partial charge >= 0.3 is 12.1 Å². The van der Waals surface area contributed by atoms with Crippen LogP contribution in [0.2, 0.25) is 0 Å². The Bertz CT molecular complexity index is 2160. The van der Waals surface area contributed by atoms with Gasteiger partial charge in [0, 0.05) is 36.0 Å². The van der Waals surface area contributed by atoms with Crippen LogP contribution in [0.3, 0.4) is 0 Å². The predicted molar refractivity (Wildman–Crippen MR) is 206 cm³/mol. The number of ether oxygens (including phenoxy) is 2. The van der Waals surface area contributed by atoms with E-state index in [-0.39, 0.29) is 59.4 Å². The maximum atomic E-state index is 17.6. The Morgan fingerprint density at radius 2 is 1.86 bits per heavy atom. The zero-order chi connectivity index (χ0) is 43.5. The van der Waals surface area contributed by atoms with Gasteiger partial charge in [-0.3, -0.25) is 28.9 Å². The maximum Gasteiger partial charge on any atom is 0.408 e. The van der Waals surface area contributed by atoms with Crippen LogP contribution < -0.4 is 19.5 Å².